The first-order valence-electron chi connectivity index (χ1n) is 10.5. The second-order valence-electron chi connectivity index (χ2n) is 7.67. The van der Waals surface area contributed by atoms with E-state index in [0.717, 1.165) is 37.0 Å². The molecule has 0 aliphatic rings. The summed E-state index contributed by atoms with van der Waals surface area (Å²) in [6.07, 6.45) is 0. The van der Waals surface area contributed by atoms with Gasteiger partial charge < -0.3 is 0 Å². The van der Waals surface area contributed by atoms with Crippen LogP contribution in [0.4, 0.5) is 4.39 Å². The molecule has 0 amide bonds. The van der Waals surface area contributed by atoms with Gasteiger partial charge in [0.05, 0.1) is 0 Å². The van der Waals surface area contributed by atoms with Gasteiger partial charge in [0, 0.05) is 3.57 Å². The molecule has 0 radical (unpaired) electrons. The first-order chi connectivity index (χ1) is 15.7. The number of rotatable bonds is 4. The number of hydrogen-bond acceptors (Lipinski definition) is 0. The molecule has 0 aromatic heterocycles. The van der Waals surface area contributed by atoms with Crippen LogP contribution in [-0.4, -0.2) is 0 Å². The van der Waals surface area contributed by atoms with Crippen LogP contribution in [0, 0.1) is 9.39 Å². The summed E-state index contributed by atoms with van der Waals surface area (Å²) in [5.41, 5.74) is 6.61. The maximum Gasteiger partial charge on any atom is 0.123 e. The van der Waals surface area contributed by atoms with Crippen LogP contribution in [0.2, 0.25) is 0 Å². The van der Waals surface area contributed by atoms with Crippen molar-refractivity contribution < 1.29 is 4.39 Å². The molecular weight excluding hydrogens is 506 g/mol. The van der Waals surface area contributed by atoms with Crippen LogP contribution in [0.3, 0.4) is 0 Å². The van der Waals surface area contributed by atoms with Crippen molar-refractivity contribution in [2.75, 3.05) is 0 Å². The Hall–Kier alpha value is -3.24. The fraction of sp³-hybridized carbons (Fsp3) is 0. The summed E-state index contributed by atoms with van der Waals surface area (Å²) in [6.45, 7) is 0. The minimum Gasteiger partial charge on any atom is -0.207 e. The van der Waals surface area contributed by atoms with Crippen LogP contribution in [0.1, 0.15) is 22.3 Å². The molecule has 32 heavy (non-hydrogen) atoms. The molecule has 0 aliphatic heterocycles. The second kappa shape index (κ2) is 9.09. The summed E-state index contributed by atoms with van der Waals surface area (Å²) in [4.78, 5) is 0. The molecule has 154 valence electrons. The van der Waals surface area contributed by atoms with Crippen molar-refractivity contribution in [3.8, 4) is 0 Å². The van der Waals surface area contributed by atoms with Crippen LogP contribution in [0.5, 0.6) is 0 Å². The van der Waals surface area contributed by atoms with Crippen LogP contribution in [-0.2, 0) is 0 Å². The molecule has 0 N–H and O–H groups in total. The lowest BCUT2D eigenvalue weighted by Crippen LogP contribution is -1.99. The summed E-state index contributed by atoms with van der Waals surface area (Å²) in [6, 6.07) is 40.6. The van der Waals surface area contributed by atoms with Crippen molar-refractivity contribution in [3.05, 3.63) is 153 Å². The lowest BCUT2D eigenvalue weighted by molar-refractivity contribution is 0.627. The Bertz CT molecular complexity index is 1360. The molecule has 0 saturated heterocycles. The molecule has 0 aliphatic carbocycles. The molecule has 0 saturated carbocycles. The van der Waals surface area contributed by atoms with Gasteiger partial charge in [-0.15, -0.1) is 0 Å². The van der Waals surface area contributed by atoms with Gasteiger partial charge in [0.15, 0.2) is 0 Å². The van der Waals surface area contributed by atoms with E-state index in [1.165, 1.54) is 22.9 Å². The van der Waals surface area contributed by atoms with Gasteiger partial charge in [0.25, 0.3) is 0 Å². The Kier molecular flexibility index (Phi) is 5.87. The van der Waals surface area contributed by atoms with Crippen molar-refractivity contribution >= 4 is 44.5 Å². The Morgan fingerprint density at radius 1 is 0.500 bits per heavy atom. The maximum atomic E-state index is 13.9. The number of benzene rings is 5. The van der Waals surface area contributed by atoms with Crippen LogP contribution < -0.4 is 0 Å². The van der Waals surface area contributed by atoms with Crippen molar-refractivity contribution in [2.45, 2.75) is 0 Å². The minimum absolute atomic E-state index is 0.234. The molecule has 0 spiro atoms. The summed E-state index contributed by atoms with van der Waals surface area (Å²) in [5, 5.41) is 2.39. The molecule has 0 atom stereocenters. The van der Waals surface area contributed by atoms with E-state index in [-0.39, 0.29) is 5.82 Å². The zero-order chi connectivity index (χ0) is 21.9. The maximum absolute atomic E-state index is 13.9. The van der Waals surface area contributed by atoms with Gasteiger partial charge in [0.1, 0.15) is 5.82 Å². The van der Waals surface area contributed by atoms with Crippen molar-refractivity contribution in [3.63, 3.8) is 0 Å². The highest BCUT2D eigenvalue weighted by molar-refractivity contribution is 14.1. The van der Waals surface area contributed by atoms with Gasteiger partial charge in [-0.3, -0.25) is 0 Å². The van der Waals surface area contributed by atoms with Gasteiger partial charge in [-0.2, -0.15) is 0 Å². The molecule has 0 fully saturated rings. The standard InChI is InChI=1S/C30H20FI/c31-26-17-15-23(16-18-26)30(27-19-24-13-7-8-14-25(24)20-28(27)32)29(21-9-3-1-4-10-21)22-11-5-2-6-12-22/h1-20H. The zero-order valence-corrected chi connectivity index (χ0v) is 19.5. The zero-order valence-electron chi connectivity index (χ0n) is 17.3. The minimum atomic E-state index is -0.234. The van der Waals surface area contributed by atoms with E-state index >= 15 is 0 Å². The van der Waals surface area contributed by atoms with E-state index in [1.54, 1.807) is 0 Å². The third kappa shape index (κ3) is 4.11. The smallest absolute Gasteiger partial charge is 0.123 e. The lowest BCUT2D eigenvalue weighted by Gasteiger charge is -2.19. The highest BCUT2D eigenvalue weighted by atomic mass is 127. The number of hydrogen-bond donors (Lipinski definition) is 0. The highest BCUT2D eigenvalue weighted by Crippen LogP contribution is 2.39. The monoisotopic (exact) mass is 526 g/mol. The summed E-state index contributed by atoms with van der Waals surface area (Å²) < 4.78 is 15.0. The van der Waals surface area contributed by atoms with Gasteiger partial charge in [-0.1, -0.05) is 97.1 Å². The Balaban J connectivity index is 1.92. The Morgan fingerprint density at radius 3 is 1.53 bits per heavy atom. The number of fused-ring (bicyclic) bond motifs is 1. The van der Waals surface area contributed by atoms with Crippen molar-refractivity contribution in [2.24, 2.45) is 0 Å². The molecular formula is C30H20FI. The van der Waals surface area contributed by atoms with E-state index < -0.39 is 0 Å². The fourth-order valence-corrected chi connectivity index (χ4v) is 4.88. The molecule has 0 bridgehead atoms. The second-order valence-corrected chi connectivity index (χ2v) is 8.83. The van der Waals surface area contributed by atoms with E-state index in [1.807, 2.05) is 24.3 Å². The Morgan fingerprint density at radius 2 is 0.969 bits per heavy atom. The van der Waals surface area contributed by atoms with Gasteiger partial charge in [-0.05, 0) is 91.0 Å². The van der Waals surface area contributed by atoms with Crippen LogP contribution in [0.25, 0.3) is 21.9 Å². The third-order valence-corrected chi connectivity index (χ3v) is 6.51. The SMILES string of the molecule is Fc1ccc(C(=C(c2ccccc2)c2ccccc2)c2cc3ccccc3cc2I)cc1. The van der Waals surface area contributed by atoms with E-state index in [0.29, 0.717) is 0 Å². The topological polar surface area (TPSA) is 0 Å². The fourth-order valence-electron chi connectivity index (χ4n) is 4.12. The Labute approximate surface area is 201 Å². The van der Waals surface area contributed by atoms with Gasteiger partial charge in [-0.25, -0.2) is 4.39 Å². The average Bonchev–Trinajstić information content (AvgIpc) is 2.84. The number of halogens is 2. The largest absolute Gasteiger partial charge is 0.207 e. The summed E-state index contributed by atoms with van der Waals surface area (Å²) >= 11 is 2.42. The van der Waals surface area contributed by atoms with Crippen molar-refractivity contribution in [1.29, 1.82) is 0 Å². The first kappa shape index (κ1) is 20.7. The van der Waals surface area contributed by atoms with E-state index in [9.17, 15) is 4.39 Å². The predicted octanol–water partition coefficient (Wildman–Crippen LogP) is 8.59. The summed E-state index contributed by atoms with van der Waals surface area (Å²) in [5.74, 6) is -0.234. The van der Waals surface area contributed by atoms with Crippen LogP contribution in [0.15, 0.2) is 121 Å². The highest BCUT2D eigenvalue weighted by Gasteiger charge is 2.18. The van der Waals surface area contributed by atoms with Crippen molar-refractivity contribution in [1.82, 2.24) is 0 Å². The van der Waals surface area contributed by atoms with Crippen LogP contribution >= 0.6 is 22.6 Å². The van der Waals surface area contributed by atoms with E-state index in [4.69, 9.17) is 0 Å². The molecule has 5 rings (SSSR count). The van der Waals surface area contributed by atoms with Gasteiger partial charge >= 0.3 is 0 Å². The third-order valence-electron chi connectivity index (χ3n) is 5.61. The van der Waals surface area contributed by atoms with E-state index in [2.05, 4.69) is 108 Å². The molecule has 0 nitrogen and oxygen atoms in total. The normalized spacial score (nSPS) is 10.8. The quantitative estimate of drug-likeness (QED) is 0.163. The predicted molar refractivity (Wildman–Crippen MR) is 141 cm³/mol. The lowest BCUT2D eigenvalue weighted by atomic mass is 9.85. The summed E-state index contributed by atoms with van der Waals surface area (Å²) in [7, 11) is 0. The molecule has 0 unspecified atom stereocenters. The average molecular weight is 526 g/mol. The molecule has 5 aromatic carbocycles. The molecule has 2 heteroatoms. The molecule has 0 heterocycles. The van der Waals surface area contributed by atoms with Gasteiger partial charge in [0.2, 0.25) is 0 Å². The molecule has 5 aromatic rings. The first-order valence-corrected chi connectivity index (χ1v) is 11.6.